The zero-order valence-electron chi connectivity index (χ0n) is 12.3. The minimum atomic E-state index is -0.352. The molecule has 1 aliphatic heterocycles. The van der Waals surface area contributed by atoms with Crippen molar-refractivity contribution in [1.29, 1.82) is 0 Å². The minimum Gasteiger partial charge on any atom is -0.487 e. The van der Waals surface area contributed by atoms with Crippen LogP contribution in [0.15, 0.2) is 24.3 Å². The third-order valence-electron chi connectivity index (χ3n) is 3.67. The summed E-state index contributed by atoms with van der Waals surface area (Å²) in [5.41, 5.74) is 7.11. The molecule has 1 amide bonds. The number of rotatable bonds is 6. The Kier molecular flexibility index (Phi) is 5.01. The van der Waals surface area contributed by atoms with E-state index in [2.05, 4.69) is 6.92 Å². The molecule has 1 atom stereocenters. The smallest absolute Gasteiger partial charge is 0.239 e. The number of hydrogen-bond acceptors (Lipinski definition) is 3. The highest BCUT2D eigenvalue weighted by molar-refractivity contribution is 5.82. The van der Waals surface area contributed by atoms with E-state index < -0.39 is 0 Å². The van der Waals surface area contributed by atoms with Gasteiger partial charge in [-0.15, -0.1) is 0 Å². The molecule has 2 N–H and O–H groups in total. The number of hydrogen-bond donors (Lipinski definition) is 1. The van der Waals surface area contributed by atoms with Gasteiger partial charge < -0.3 is 15.4 Å². The van der Waals surface area contributed by atoms with Gasteiger partial charge in [-0.05, 0) is 25.5 Å². The normalized spacial score (nSPS) is 16.6. The zero-order valence-corrected chi connectivity index (χ0v) is 12.3. The van der Waals surface area contributed by atoms with Gasteiger partial charge in [0.2, 0.25) is 5.91 Å². The number of amides is 1. The number of carbonyl (C=O) groups is 1. The van der Waals surface area contributed by atoms with Crippen LogP contribution in [0.4, 0.5) is 0 Å². The molecule has 0 unspecified atom stereocenters. The summed E-state index contributed by atoms with van der Waals surface area (Å²) in [5, 5.41) is 0. The van der Waals surface area contributed by atoms with Gasteiger partial charge in [0, 0.05) is 0 Å². The maximum atomic E-state index is 12.0. The van der Waals surface area contributed by atoms with Gasteiger partial charge in [-0.1, -0.05) is 37.5 Å². The number of unbranched alkanes of at least 4 members (excludes halogenated alkanes) is 1. The Bertz CT molecular complexity index is 438. The minimum absolute atomic E-state index is 0.0576. The molecule has 0 saturated carbocycles. The molecule has 0 bridgehead atoms. The van der Waals surface area contributed by atoms with Crippen molar-refractivity contribution in [1.82, 2.24) is 4.90 Å². The molecule has 0 radical (unpaired) electrons. The molecule has 0 aliphatic carbocycles. The van der Waals surface area contributed by atoms with Crippen molar-refractivity contribution in [3.8, 4) is 5.75 Å². The first kappa shape index (κ1) is 14.9. The standard InChI is InChI=1S/C16H24N2O2/c1-3-4-5-15(17)16(19)18-10-14(11-18)20-13-8-6-12(2)7-9-13/h6-9,14-15H,3-5,10-11,17H2,1-2H3/t15-/m1/s1. The lowest BCUT2D eigenvalue weighted by atomic mass is 10.1. The molecule has 4 heteroatoms. The molecule has 2 rings (SSSR count). The number of aryl methyl sites for hydroxylation is 1. The molecular formula is C16H24N2O2. The fourth-order valence-corrected chi connectivity index (χ4v) is 2.28. The van der Waals surface area contributed by atoms with E-state index >= 15 is 0 Å². The van der Waals surface area contributed by atoms with Crippen molar-refractivity contribution in [2.75, 3.05) is 13.1 Å². The molecule has 1 aliphatic rings. The van der Waals surface area contributed by atoms with Crippen LogP contribution in [0.25, 0.3) is 0 Å². The summed E-state index contributed by atoms with van der Waals surface area (Å²) in [5.74, 6) is 0.921. The van der Waals surface area contributed by atoms with Crippen molar-refractivity contribution >= 4 is 5.91 Å². The summed E-state index contributed by atoms with van der Waals surface area (Å²) in [6.07, 6.45) is 2.94. The van der Waals surface area contributed by atoms with Crippen LogP contribution in [-0.2, 0) is 4.79 Å². The Balaban J connectivity index is 1.74. The molecule has 0 aromatic heterocycles. The number of nitrogens with zero attached hydrogens (tertiary/aromatic N) is 1. The molecule has 20 heavy (non-hydrogen) atoms. The fourth-order valence-electron chi connectivity index (χ4n) is 2.28. The second-order valence-electron chi connectivity index (χ2n) is 5.54. The molecule has 1 saturated heterocycles. The molecule has 0 spiro atoms. The SMILES string of the molecule is CCCC[C@@H](N)C(=O)N1CC(Oc2ccc(C)cc2)C1. The maximum absolute atomic E-state index is 12.0. The van der Waals surface area contributed by atoms with Crippen molar-refractivity contribution < 1.29 is 9.53 Å². The van der Waals surface area contributed by atoms with Crippen molar-refractivity contribution in [2.45, 2.75) is 45.3 Å². The zero-order chi connectivity index (χ0) is 14.5. The van der Waals surface area contributed by atoms with Crippen LogP contribution in [0.5, 0.6) is 5.75 Å². The molecular weight excluding hydrogens is 252 g/mol. The molecule has 1 aromatic carbocycles. The van der Waals surface area contributed by atoms with Crippen LogP contribution in [0.2, 0.25) is 0 Å². The lowest BCUT2D eigenvalue weighted by Gasteiger charge is -2.40. The van der Waals surface area contributed by atoms with E-state index in [4.69, 9.17) is 10.5 Å². The number of ether oxygens (including phenoxy) is 1. The molecule has 1 aromatic rings. The van der Waals surface area contributed by atoms with Crippen molar-refractivity contribution in [3.63, 3.8) is 0 Å². The first-order valence-electron chi connectivity index (χ1n) is 7.38. The summed E-state index contributed by atoms with van der Waals surface area (Å²) in [6, 6.07) is 7.63. The van der Waals surface area contributed by atoms with Crippen LogP contribution in [0.1, 0.15) is 31.7 Å². The highest BCUT2D eigenvalue weighted by Gasteiger charge is 2.34. The first-order chi connectivity index (χ1) is 9.60. The van der Waals surface area contributed by atoms with Crippen molar-refractivity contribution in [3.05, 3.63) is 29.8 Å². The van der Waals surface area contributed by atoms with E-state index in [1.807, 2.05) is 31.2 Å². The predicted molar refractivity (Wildman–Crippen MR) is 79.7 cm³/mol. The lowest BCUT2D eigenvalue weighted by Crippen LogP contribution is -2.59. The largest absolute Gasteiger partial charge is 0.487 e. The third-order valence-corrected chi connectivity index (χ3v) is 3.67. The first-order valence-corrected chi connectivity index (χ1v) is 7.38. The van der Waals surface area contributed by atoms with Gasteiger partial charge in [-0.2, -0.15) is 0 Å². The van der Waals surface area contributed by atoms with Gasteiger partial charge in [-0.3, -0.25) is 4.79 Å². The topological polar surface area (TPSA) is 55.6 Å². The van der Waals surface area contributed by atoms with Crippen LogP contribution < -0.4 is 10.5 Å². The molecule has 1 heterocycles. The van der Waals surface area contributed by atoms with E-state index in [0.717, 1.165) is 25.0 Å². The lowest BCUT2D eigenvalue weighted by molar-refractivity contribution is -0.141. The van der Waals surface area contributed by atoms with E-state index in [9.17, 15) is 4.79 Å². The Morgan fingerprint density at radius 1 is 1.40 bits per heavy atom. The van der Waals surface area contributed by atoms with E-state index in [0.29, 0.717) is 13.1 Å². The highest BCUT2D eigenvalue weighted by atomic mass is 16.5. The highest BCUT2D eigenvalue weighted by Crippen LogP contribution is 2.19. The summed E-state index contributed by atoms with van der Waals surface area (Å²) < 4.78 is 5.81. The molecule has 4 nitrogen and oxygen atoms in total. The monoisotopic (exact) mass is 276 g/mol. The Hall–Kier alpha value is -1.55. The van der Waals surface area contributed by atoms with Gasteiger partial charge in [-0.25, -0.2) is 0 Å². The number of carbonyl (C=O) groups excluding carboxylic acids is 1. The Morgan fingerprint density at radius 2 is 2.05 bits per heavy atom. The second kappa shape index (κ2) is 6.75. The summed E-state index contributed by atoms with van der Waals surface area (Å²) in [6.45, 7) is 5.44. The quantitative estimate of drug-likeness (QED) is 0.865. The maximum Gasteiger partial charge on any atom is 0.239 e. The van der Waals surface area contributed by atoms with Gasteiger partial charge in [0.05, 0.1) is 19.1 Å². The van der Waals surface area contributed by atoms with Crippen LogP contribution >= 0.6 is 0 Å². The van der Waals surface area contributed by atoms with Crippen LogP contribution in [0, 0.1) is 6.92 Å². The van der Waals surface area contributed by atoms with E-state index in [-0.39, 0.29) is 18.1 Å². The number of benzene rings is 1. The van der Waals surface area contributed by atoms with Crippen LogP contribution in [0.3, 0.4) is 0 Å². The van der Waals surface area contributed by atoms with Gasteiger partial charge in [0.25, 0.3) is 0 Å². The molecule has 1 fully saturated rings. The molecule has 110 valence electrons. The Morgan fingerprint density at radius 3 is 2.65 bits per heavy atom. The van der Waals surface area contributed by atoms with Gasteiger partial charge in [0.15, 0.2) is 0 Å². The van der Waals surface area contributed by atoms with Gasteiger partial charge >= 0.3 is 0 Å². The van der Waals surface area contributed by atoms with Crippen molar-refractivity contribution in [2.24, 2.45) is 5.73 Å². The van der Waals surface area contributed by atoms with E-state index in [1.165, 1.54) is 5.56 Å². The third kappa shape index (κ3) is 3.73. The average molecular weight is 276 g/mol. The van der Waals surface area contributed by atoms with Crippen LogP contribution in [-0.4, -0.2) is 36.0 Å². The Labute approximate surface area is 120 Å². The summed E-state index contributed by atoms with van der Waals surface area (Å²) >= 11 is 0. The average Bonchev–Trinajstić information content (AvgIpc) is 2.41. The second-order valence-corrected chi connectivity index (χ2v) is 5.54. The van der Waals surface area contributed by atoms with E-state index in [1.54, 1.807) is 4.90 Å². The number of likely N-dealkylation sites (tertiary alicyclic amines) is 1. The fraction of sp³-hybridized carbons (Fsp3) is 0.562. The summed E-state index contributed by atoms with van der Waals surface area (Å²) in [7, 11) is 0. The number of nitrogens with two attached hydrogens (primary N) is 1. The van der Waals surface area contributed by atoms with Gasteiger partial charge in [0.1, 0.15) is 11.9 Å². The summed E-state index contributed by atoms with van der Waals surface area (Å²) in [4.78, 5) is 13.8. The predicted octanol–water partition coefficient (Wildman–Crippen LogP) is 2.10.